The molecule has 0 aliphatic carbocycles. The fourth-order valence-corrected chi connectivity index (χ4v) is 4.88. The quantitative estimate of drug-likeness (QED) is 0.881. The summed E-state index contributed by atoms with van der Waals surface area (Å²) in [6, 6.07) is 8.14. The molecule has 2 aliphatic rings. The van der Waals surface area contributed by atoms with E-state index < -0.39 is 0 Å². The van der Waals surface area contributed by atoms with Gasteiger partial charge in [0.2, 0.25) is 0 Å². The Morgan fingerprint density at radius 3 is 2.75 bits per heavy atom. The fourth-order valence-electron chi connectivity index (χ4n) is 4.88. The first kappa shape index (κ1) is 19.1. The van der Waals surface area contributed by atoms with Crippen LogP contribution in [0.4, 0.5) is 4.79 Å². The lowest BCUT2D eigenvalue weighted by Gasteiger charge is -2.43. The number of piperidine rings is 2. The van der Waals surface area contributed by atoms with E-state index in [9.17, 15) is 9.59 Å². The highest BCUT2D eigenvalue weighted by Gasteiger charge is 2.35. The van der Waals surface area contributed by atoms with Crippen LogP contribution in [0.3, 0.4) is 0 Å². The molecule has 2 fully saturated rings. The van der Waals surface area contributed by atoms with Gasteiger partial charge in [-0.2, -0.15) is 0 Å². The Morgan fingerprint density at radius 1 is 1.25 bits per heavy atom. The molecular weight excluding hydrogens is 356 g/mol. The Kier molecular flexibility index (Phi) is 5.19. The first-order valence-electron chi connectivity index (χ1n) is 10.2. The van der Waals surface area contributed by atoms with E-state index in [-0.39, 0.29) is 23.2 Å². The predicted molar refractivity (Wildman–Crippen MR) is 109 cm³/mol. The highest BCUT2D eigenvalue weighted by molar-refractivity contribution is 5.75. The molecule has 0 bridgehead atoms. The lowest BCUT2D eigenvalue weighted by Crippen LogP contribution is -2.49. The van der Waals surface area contributed by atoms with Crippen molar-refractivity contribution in [2.45, 2.75) is 38.6 Å². The van der Waals surface area contributed by atoms with Gasteiger partial charge < -0.3 is 19.5 Å². The molecule has 1 aromatic carbocycles. The number of benzene rings is 1. The zero-order valence-corrected chi connectivity index (χ0v) is 16.8. The van der Waals surface area contributed by atoms with Gasteiger partial charge in [-0.3, -0.25) is 4.57 Å². The maximum Gasteiger partial charge on any atom is 0.409 e. The Balaban J connectivity index is 1.44. The minimum atomic E-state index is -0.223. The Morgan fingerprint density at radius 2 is 2.00 bits per heavy atom. The number of methoxy groups -OCH3 is 1. The highest BCUT2D eigenvalue weighted by Crippen LogP contribution is 2.34. The number of carbonyl (C=O) groups excluding carboxylic acids is 1. The van der Waals surface area contributed by atoms with Crippen LogP contribution in [0.15, 0.2) is 29.1 Å². The lowest BCUT2D eigenvalue weighted by atomic mass is 9.79. The van der Waals surface area contributed by atoms with Crippen LogP contribution < -0.4 is 5.69 Å². The van der Waals surface area contributed by atoms with Crippen molar-refractivity contribution < 1.29 is 9.53 Å². The van der Waals surface area contributed by atoms with Gasteiger partial charge in [0.1, 0.15) is 0 Å². The molecule has 0 spiro atoms. The Hall–Kier alpha value is -2.28. The molecule has 3 heterocycles. The second-order valence-corrected chi connectivity index (χ2v) is 8.62. The van der Waals surface area contributed by atoms with E-state index in [1.54, 1.807) is 4.90 Å². The van der Waals surface area contributed by atoms with Crippen LogP contribution >= 0.6 is 0 Å². The Labute approximate surface area is 165 Å². The van der Waals surface area contributed by atoms with Crippen LogP contribution in [-0.2, 0) is 4.74 Å². The van der Waals surface area contributed by atoms with Gasteiger partial charge in [0.15, 0.2) is 0 Å². The SMILES string of the molecule is COC(=O)N1CCC(C)(CN2CCC[C@H](n3c(=O)[nH]c4ccccc43)C2)CC1. The third kappa shape index (κ3) is 3.68. The third-order valence-corrected chi connectivity index (χ3v) is 6.48. The van der Waals surface area contributed by atoms with E-state index in [1.807, 2.05) is 28.8 Å². The normalized spacial score (nSPS) is 23.1. The van der Waals surface area contributed by atoms with Crippen LogP contribution in [0, 0.1) is 5.41 Å². The topological polar surface area (TPSA) is 70.6 Å². The van der Waals surface area contributed by atoms with Gasteiger partial charge in [-0.05, 0) is 49.8 Å². The number of hydrogen-bond donors (Lipinski definition) is 1. The number of imidazole rings is 1. The minimum absolute atomic E-state index is 0.00866. The van der Waals surface area contributed by atoms with Gasteiger partial charge in [-0.15, -0.1) is 0 Å². The van der Waals surface area contributed by atoms with Gasteiger partial charge >= 0.3 is 11.8 Å². The number of nitrogens with one attached hydrogen (secondary N) is 1. The number of fused-ring (bicyclic) bond motifs is 1. The summed E-state index contributed by atoms with van der Waals surface area (Å²) in [7, 11) is 1.44. The summed E-state index contributed by atoms with van der Waals surface area (Å²) in [5.74, 6) is 0. The first-order valence-corrected chi connectivity index (χ1v) is 10.2. The van der Waals surface area contributed by atoms with Crippen molar-refractivity contribution in [3.63, 3.8) is 0 Å². The van der Waals surface area contributed by atoms with Crippen molar-refractivity contribution >= 4 is 17.1 Å². The van der Waals surface area contributed by atoms with E-state index in [2.05, 4.69) is 16.8 Å². The molecule has 0 unspecified atom stereocenters. The summed E-state index contributed by atoms with van der Waals surface area (Å²) in [4.78, 5) is 31.6. The summed E-state index contributed by atoms with van der Waals surface area (Å²) >= 11 is 0. The van der Waals surface area contributed by atoms with Gasteiger partial charge in [0, 0.05) is 26.2 Å². The molecule has 4 rings (SSSR count). The van der Waals surface area contributed by atoms with Crippen molar-refractivity contribution in [3.8, 4) is 0 Å². The molecule has 2 aliphatic heterocycles. The average molecular weight is 386 g/mol. The minimum Gasteiger partial charge on any atom is -0.453 e. The zero-order valence-electron chi connectivity index (χ0n) is 16.8. The summed E-state index contributed by atoms with van der Waals surface area (Å²) in [6.45, 7) is 6.81. The molecule has 0 radical (unpaired) electrons. The monoisotopic (exact) mass is 386 g/mol. The number of likely N-dealkylation sites (tertiary alicyclic amines) is 2. The van der Waals surface area contributed by atoms with Gasteiger partial charge in [0.05, 0.1) is 24.2 Å². The zero-order chi connectivity index (χ0) is 19.7. The lowest BCUT2D eigenvalue weighted by molar-refractivity contribution is 0.0513. The van der Waals surface area contributed by atoms with E-state index >= 15 is 0 Å². The fraction of sp³-hybridized carbons (Fsp3) is 0.619. The average Bonchev–Trinajstić information content (AvgIpc) is 3.03. The summed E-state index contributed by atoms with van der Waals surface area (Å²) in [6.07, 6.45) is 3.87. The summed E-state index contributed by atoms with van der Waals surface area (Å²) in [5.41, 5.74) is 2.09. The molecule has 7 nitrogen and oxygen atoms in total. The maximum absolute atomic E-state index is 12.6. The van der Waals surface area contributed by atoms with Gasteiger partial charge in [-0.25, -0.2) is 9.59 Å². The number of ether oxygens (including phenoxy) is 1. The van der Waals surface area contributed by atoms with Crippen LogP contribution in [0.5, 0.6) is 0 Å². The van der Waals surface area contributed by atoms with Gasteiger partial charge in [0.25, 0.3) is 0 Å². The molecule has 1 N–H and O–H groups in total. The predicted octanol–water partition coefficient (Wildman–Crippen LogP) is 2.84. The molecule has 0 saturated carbocycles. The Bertz CT molecular complexity index is 894. The molecule has 1 amide bonds. The standard InChI is InChI=1S/C21H30N4O3/c1-21(9-12-24(13-10-21)20(27)28-2)15-23-11-5-6-16(14-23)25-18-8-4-3-7-17(18)22-19(25)26/h3-4,7-8,16H,5-6,9-15H2,1-2H3,(H,22,26)/t16-/m0/s1. The third-order valence-electron chi connectivity index (χ3n) is 6.48. The van der Waals surface area contributed by atoms with E-state index in [0.29, 0.717) is 0 Å². The van der Waals surface area contributed by atoms with E-state index in [1.165, 1.54) is 7.11 Å². The second-order valence-electron chi connectivity index (χ2n) is 8.62. The number of carbonyl (C=O) groups is 1. The number of rotatable bonds is 3. The number of para-hydroxylation sites is 2. The van der Waals surface area contributed by atoms with Crippen LogP contribution in [-0.4, -0.2) is 65.3 Å². The number of hydrogen-bond acceptors (Lipinski definition) is 4. The molecule has 2 saturated heterocycles. The number of H-pyrrole nitrogens is 1. The van der Waals surface area contributed by atoms with E-state index in [4.69, 9.17) is 4.74 Å². The second kappa shape index (κ2) is 7.62. The molecular formula is C21H30N4O3. The number of aromatic nitrogens is 2. The van der Waals surface area contributed by atoms with Crippen LogP contribution in [0.25, 0.3) is 11.0 Å². The van der Waals surface area contributed by atoms with E-state index in [0.717, 1.165) is 69.4 Å². The van der Waals surface area contributed by atoms with Crippen molar-refractivity contribution in [1.29, 1.82) is 0 Å². The highest BCUT2D eigenvalue weighted by atomic mass is 16.5. The largest absolute Gasteiger partial charge is 0.453 e. The number of nitrogens with zero attached hydrogens (tertiary/aromatic N) is 3. The molecule has 152 valence electrons. The smallest absolute Gasteiger partial charge is 0.409 e. The van der Waals surface area contributed by atoms with Crippen molar-refractivity contribution in [3.05, 3.63) is 34.7 Å². The summed E-state index contributed by atoms with van der Waals surface area (Å²) < 4.78 is 6.80. The molecule has 1 aromatic heterocycles. The number of aromatic amines is 1. The molecule has 2 aromatic rings. The van der Waals surface area contributed by atoms with Crippen LogP contribution in [0.2, 0.25) is 0 Å². The molecule has 1 atom stereocenters. The van der Waals surface area contributed by atoms with Crippen molar-refractivity contribution in [1.82, 2.24) is 19.4 Å². The van der Waals surface area contributed by atoms with Crippen LogP contribution in [0.1, 0.15) is 38.6 Å². The molecule has 7 heteroatoms. The molecule has 28 heavy (non-hydrogen) atoms. The first-order chi connectivity index (χ1) is 13.5. The van der Waals surface area contributed by atoms with Gasteiger partial charge in [-0.1, -0.05) is 19.1 Å². The maximum atomic E-state index is 12.6. The number of amides is 1. The van der Waals surface area contributed by atoms with Crippen molar-refractivity contribution in [2.75, 3.05) is 39.8 Å². The summed E-state index contributed by atoms with van der Waals surface area (Å²) in [5, 5.41) is 0. The van der Waals surface area contributed by atoms with Crippen molar-refractivity contribution in [2.24, 2.45) is 5.41 Å².